The van der Waals surface area contributed by atoms with Crippen LogP contribution in [-0.2, 0) is 15.9 Å². The number of carbonyl (C=O) groups is 3. The Morgan fingerprint density at radius 3 is 2.27 bits per heavy atom. The monoisotopic (exact) mass is 766 g/mol. The highest BCUT2D eigenvalue weighted by atomic mass is 79.9. The number of hydrogen-bond donors (Lipinski definition) is 2. The second kappa shape index (κ2) is 20.3. The Morgan fingerprint density at radius 1 is 0.857 bits per heavy atom. The Morgan fingerprint density at radius 2 is 1.55 bits per heavy atom. The zero-order valence-corrected chi connectivity index (χ0v) is 31.2. The van der Waals surface area contributed by atoms with Crippen molar-refractivity contribution in [3.8, 4) is 16.2 Å². The second-order valence-corrected chi connectivity index (χ2v) is 14.4. The van der Waals surface area contributed by atoms with Crippen molar-refractivity contribution >= 4 is 61.8 Å². The Bertz CT molecular complexity index is 1700. The van der Waals surface area contributed by atoms with Gasteiger partial charge >= 0.3 is 0 Å². The van der Waals surface area contributed by atoms with E-state index in [0.29, 0.717) is 59.4 Å². The lowest BCUT2D eigenvalue weighted by Crippen LogP contribution is -2.27. The maximum atomic E-state index is 12.9. The minimum Gasteiger partial charge on any atom is -0.506 e. The van der Waals surface area contributed by atoms with Gasteiger partial charge in [-0.25, -0.2) is 0 Å². The topological polar surface area (TPSA) is 114 Å². The fraction of sp³-hybridized carbons (Fsp3) is 0.368. The third-order valence-corrected chi connectivity index (χ3v) is 10.5. The molecule has 8 nitrogen and oxygen atoms in total. The van der Waals surface area contributed by atoms with E-state index in [1.165, 1.54) is 41.9 Å². The highest BCUT2D eigenvalue weighted by molar-refractivity contribution is 9.10. The number of hydrogen-bond acceptors (Lipinski definition) is 9. The number of halogens is 1. The SMILES string of the molecule is CCCCCCOCCOCCNC(=O)c1ccc(CCC(=O)c2ccc(C(=O)CN=C(C)c3csc(-c4ccc(Br)cc4)c3O)s2)cc1. The zero-order chi connectivity index (χ0) is 35.0. The number of nitrogens with zero attached hydrogens (tertiary/aromatic N) is 1. The van der Waals surface area contributed by atoms with Gasteiger partial charge in [-0.3, -0.25) is 19.4 Å². The molecule has 1 amide bonds. The van der Waals surface area contributed by atoms with Crippen LogP contribution in [0.1, 0.15) is 86.8 Å². The number of carbonyl (C=O) groups excluding carboxylic acids is 3. The summed E-state index contributed by atoms with van der Waals surface area (Å²) in [5, 5.41) is 15.5. The standard InChI is InChI=1S/C38H43BrN2O6S2/c1-3-4-5-6-20-46-22-23-47-21-19-40-38(45)29-10-7-27(8-11-29)9-16-32(42)34-17-18-35(49-34)33(43)24-41-26(2)31-25-48-37(36(31)44)28-12-14-30(39)15-13-28/h7-8,10-15,17-18,25,44H,3-6,9,16,19-24H2,1-2H3,(H,40,45). The normalized spacial score (nSPS) is 11.5. The molecule has 4 rings (SSSR count). The molecule has 2 aromatic carbocycles. The van der Waals surface area contributed by atoms with Crippen LogP contribution in [0.3, 0.4) is 0 Å². The molecule has 0 saturated heterocycles. The highest BCUT2D eigenvalue weighted by Crippen LogP contribution is 2.39. The number of Topliss-reactive ketones (excluding diaryl/α,β-unsaturated/α-hetero) is 2. The van der Waals surface area contributed by atoms with Gasteiger partial charge in [0.1, 0.15) is 12.3 Å². The van der Waals surface area contributed by atoms with Crippen LogP contribution in [0.15, 0.2) is 75.5 Å². The van der Waals surface area contributed by atoms with Crippen LogP contribution in [0.5, 0.6) is 5.75 Å². The van der Waals surface area contributed by atoms with Gasteiger partial charge in [0.05, 0.1) is 34.5 Å². The molecule has 0 aliphatic heterocycles. The molecule has 11 heteroatoms. The highest BCUT2D eigenvalue weighted by Gasteiger charge is 2.17. The van der Waals surface area contributed by atoms with Crippen LogP contribution < -0.4 is 5.32 Å². The number of thiophene rings is 2. The molecular weight excluding hydrogens is 724 g/mol. The third kappa shape index (κ3) is 12.1. The van der Waals surface area contributed by atoms with E-state index in [9.17, 15) is 19.5 Å². The van der Waals surface area contributed by atoms with Gasteiger partial charge in [-0.1, -0.05) is 66.4 Å². The van der Waals surface area contributed by atoms with E-state index >= 15 is 0 Å². The van der Waals surface area contributed by atoms with Gasteiger partial charge in [0.25, 0.3) is 5.91 Å². The van der Waals surface area contributed by atoms with E-state index in [-0.39, 0.29) is 36.2 Å². The van der Waals surface area contributed by atoms with Crippen molar-refractivity contribution in [1.82, 2.24) is 5.32 Å². The van der Waals surface area contributed by atoms with Crippen LogP contribution in [0.2, 0.25) is 0 Å². The largest absolute Gasteiger partial charge is 0.506 e. The van der Waals surface area contributed by atoms with E-state index in [4.69, 9.17) is 9.47 Å². The van der Waals surface area contributed by atoms with Crippen molar-refractivity contribution in [3.63, 3.8) is 0 Å². The smallest absolute Gasteiger partial charge is 0.251 e. The fourth-order valence-electron chi connectivity index (χ4n) is 4.90. The molecule has 0 fully saturated rings. The van der Waals surface area contributed by atoms with Crippen LogP contribution in [0, 0.1) is 0 Å². The quantitative estimate of drug-likeness (QED) is 0.0498. The number of ether oxygens (including phenoxy) is 2. The van der Waals surface area contributed by atoms with Crippen molar-refractivity contribution in [3.05, 3.63) is 97.0 Å². The van der Waals surface area contributed by atoms with Gasteiger partial charge in [-0.2, -0.15) is 0 Å². The Labute approximate surface area is 304 Å². The molecule has 0 radical (unpaired) electrons. The third-order valence-electron chi connectivity index (χ3n) is 7.78. The van der Waals surface area contributed by atoms with Gasteiger partial charge in [0.15, 0.2) is 11.6 Å². The number of unbranched alkanes of at least 4 members (excludes halogenated alkanes) is 3. The molecule has 2 aromatic heterocycles. The minimum absolute atomic E-state index is 0.0453. The summed E-state index contributed by atoms with van der Waals surface area (Å²) in [5.41, 5.74) is 3.56. The number of benzene rings is 2. The maximum absolute atomic E-state index is 12.9. The summed E-state index contributed by atoms with van der Waals surface area (Å²) in [5.74, 6) is -0.259. The minimum atomic E-state index is -0.186. The van der Waals surface area contributed by atoms with Crippen LogP contribution in [0.25, 0.3) is 10.4 Å². The van der Waals surface area contributed by atoms with E-state index in [1.807, 2.05) is 41.8 Å². The average molecular weight is 768 g/mol. The Hall–Kier alpha value is -3.48. The first-order valence-corrected chi connectivity index (χ1v) is 19.0. The molecule has 260 valence electrons. The van der Waals surface area contributed by atoms with Crippen molar-refractivity contribution in [2.75, 3.05) is 39.5 Å². The lowest BCUT2D eigenvalue weighted by atomic mass is 10.0. The molecule has 0 bridgehead atoms. The summed E-state index contributed by atoms with van der Waals surface area (Å²) in [7, 11) is 0. The van der Waals surface area contributed by atoms with Crippen LogP contribution >= 0.6 is 38.6 Å². The van der Waals surface area contributed by atoms with Gasteiger partial charge < -0.3 is 19.9 Å². The van der Waals surface area contributed by atoms with Crippen molar-refractivity contribution < 1.29 is 29.0 Å². The van der Waals surface area contributed by atoms with Crippen LogP contribution in [-0.4, -0.2) is 67.8 Å². The van der Waals surface area contributed by atoms with Gasteiger partial charge in [-0.15, -0.1) is 22.7 Å². The van der Waals surface area contributed by atoms with E-state index in [0.717, 1.165) is 33.5 Å². The Balaban J connectivity index is 1.16. The lowest BCUT2D eigenvalue weighted by Gasteiger charge is -2.08. The number of aromatic hydroxyl groups is 1. The number of aryl methyl sites for hydroxylation is 1. The molecule has 0 unspecified atom stereocenters. The lowest BCUT2D eigenvalue weighted by molar-refractivity contribution is 0.0468. The average Bonchev–Trinajstić information content (AvgIpc) is 3.76. The maximum Gasteiger partial charge on any atom is 0.251 e. The number of amides is 1. The first-order valence-electron chi connectivity index (χ1n) is 16.5. The number of nitrogens with one attached hydrogen (secondary N) is 1. The zero-order valence-electron chi connectivity index (χ0n) is 28.0. The molecular formula is C38H43BrN2O6S2. The first kappa shape index (κ1) is 38.3. The number of ketones is 2. The number of rotatable bonds is 21. The summed E-state index contributed by atoms with van der Waals surface area (Å²) >= 11 is 6.02. The van der Waals surface area contributed by atoms with Gasteiger partial charge in [-0.05, 0) is 67.3 Å². The van der Waals surface area contributed by atoms with Crippen LogP contribution in [0.4, 0.5) is 0 Å². The predicted molar refractivity (Wildman–Crippen MR) is 202 cm³/mol. The molecule has 0 aliphatic rings. The second-order valence-electron chi connectivity index (χ2n) is 11.5. The molecule has 2 N–H and O–H groups in total. The predicted octanol–water partition coefficient (Wildman–Crippen LogP) is 8.80. The van der Waals surface area contributed by atoms with E-state index in [2.05, 4.69) is 33.2 Å². The van der Waals surface area contributed by atoms with Crippen molar-refractivity contribution in [1.29, 1.82) is 0 Å². The summed E-state index contributed by atoms with van der Waals surface area (Å²) in [6, 6.07) is 18.3. The molecule has 0 spiro atoms. The summed E-state index contributed by atoms with van der Waals surface area (Å²) in [6.45, 7) is 6.53. The first-order chi connectivity index (χ1) is 23.8. The summed E-state index contributed by atoms with van der Waals surface area (Å²) < 4.78 is 12.0. The van der Waals surface area contributed by atoms with Crippen molar-refractivity contribution in [2.45, 2.75) is 52.4 Å². The molecule has 2 heterocycles. The van der Waals surface area contributed by atoms with Crippen molar-refractivity contribution in [2.24, 2.45) is 4.99 Å². The molecule has 0 atom stereocenters. The molecule has 0 aliphatic carbocycles. The van der Waals surface area contributed by atoms with E-state index in [1.54, 1.807) is 31.2 Å². The molecule has 0 saturated carbocycles. The summed E-state index contributed by atoms with van der Waals surface area (Å²) in [4.78, 5) is 44.4. The fourth-order valence-corrected chi connectivity index (χ4v) is 7.08. The summed E-state index contributed by atoms with van der Waals surface area (Å²) in [6.07, 6.45) is 5.53. The van der Waals surface area contributed by atoms with E-state index < -0.39 is 0 Å². The molecule has 49 heavy (non-hydrogen) atoms. The van der Waals surface area contributed by atoms with Gasteiger partial charge in [0, 0.05) is 46.3 Å². The number of aliphatic imine (C=N–C) groups is 1. The Kier molecular flexibility index (Phi) is 15.8. The van der Waals surface area contributed by atoms with Gasteiger partial charge in [0.2, 0.25) is 0 Å². The molecule has 4 aromatic rings.